The summed E-state index contributed by atoms with van der Waals surface area (Å²) in [6, 6.07) is 7.97. The summed E-state index contributed by atoms with van der Waals surface area (Å²) in [6.45, 7) is 15.3. The molecule has 0 radical (unpaired) electrons. The average Bonchev–Trinajstić information content (AvgIpc) is 2.44. The maximum atomic E-state index is 6.34. The Balaban J connectivity index is 2.42. The monoisotopic (exact) mass is 441 g/mol. The Hall–Kier alpha value is -1.08. The molecular weight excluding hydrogens is 417 g/mol. The fourth-order valence-electron chi connectivity index (χ4n) is 1.97. The SMILES string of the molecule is C=C(O[Si](C)(C)C(C)(C)C)c1cc2cc(OC)ccc2nc1I. The van der Waals surface area contributed by atoms with E-state index in [1.54, 1.807) is 7.11 Å². The average molecular weight is 441 g/mol. The van der Waals surface area contributed by atoms with Crippen molar-refractivity contribution in [1.29, 1.82) is 0 Å². The van der Waals surface area contributed by atoms with Crippen LogP contribution < -0.4 is 4.74 Å². The molecule has 2 rings (SSSR count). The van der Waals surface area contributed by atoms with E-state index in [2.05, 4.69) is 74.1 Å². The second kappa shape index (κ2) is 6.43. The number of aromatic nitrogens is 1. The molecule has 2 aromatic rings. The van der Waals surface area contributed by atoms with Crippen LogP contribution in [-0.4, -0.2) is 20.4 Å². The molecule has 0 unspecified atom stereocenters. The number of fused-ring (bicyclic) bond motifs is 1. The van der Waals surface area contributed by atoms with Crippen molar-refractivity contribution in [1.82, 2.24) is 4.98 Å². The van der Waals surface area contributed by atoms with Crippen molar-refractivity contribution in [2.75, 3.05) is 7.11 Å². The smallest absolute Gasteiger partial charge is 0.250 e. The summed E-state index contributed by atoms with van der Waals surface area (Å²) in [6.07, 6.45) is 0. The van der Waals surface area contributed by atoms with Gasteiger partial charge in [-0.3, -0.25) is 0 Å². The zero-order chi connectivity index (χ0) is 17.4. The number of methoxy groups -OCH3 is 1. The maximum absolute atomic E-state index is 6.34. The molecule has 1 aromatic carbocycles. The van der Waals surface area contributed by atoms with Gasteiger partial charge in [0.2, 0.25) is 8.32 Å². The summed E-state index contributed by atoms with van der Waals surface area (Å²) >= 11 is 2.25. The molecule has 5 heteroatoms. The molecule has 0 aliphatic carbocycles. The van der Waals surface area contributed by atoms with Gasteiger partial charge in [0.15, 0.2) is 0 Å². The number of benzene rings is 1. The van der Waals surface area contributed by atoms with Gasteiger partial charge >= 0.3 is 0 Å². The molecule has 0 fully saturated rings. The number of pyridine rings is 1. The standard InChI is InChI=1S/C18H24INO2Si/c1-12(22-23(6,7)18(2,3)4)15-11-13-10-14(21-5)8-9-16(13)20-17(15)19/h8-11H,1H2,2-7H3. The Kier molecular flexibility index (Phi) is 5.11. The molecule has 124 valence electrons. The van der Waals surface area contributed by atoms with Crippen LogP contribution in [0.25, 0.3) is 16.7 Å². The molecule has 1 aromatic heterocycles. The van der Waals surface area contributed by atoms with Gasteiger partial charge in [-0.25, -0.2) is 4.98 Å². The molecule has 0 aliphatic rings. The normalized spacial score (nSPS) is 12.3. The van der Waals surface area contributed by atoms with E-state index in [9.17, 15) is 0 Å². The predicted molar refractivity (Wildman–Crippen MR) is 108 cm³/mol. The first-order valence-electron chi connectivity index (χ1n) is 7.58. The van der Waals surface area contributed by atoms with E-state index >= 15 is 0 Å². The molecule has 0 N–H and O–H groups in total. The van der Waals surface area contributed by atoms with E-state index in [-0.39, 0.29) is 5.04 Å². The highest BCUT2D eigenvalue weighted by Gasteiger charge is 2.39. The van der Waals surface area contributed by atoms with Gasteiger partial charge in [0, 0.05) is 10.9 Å². The van der Waals surface area contributed by atoms with Crippen molar-refractivity contribution >= 4 is 47.6 Å². The van der Waals surface area contributed by atoms with Crippen LogP contribution in [0.3, 0.4) is 0 Å². The first-order valence-corrected chi connectivity index (χ1v) is 11.6. The van der Waals surface area contributed by atoms with Crippen LogP contribution in [0.2, 0.25) is 18.1 Å². The molecule has 0 bridgehead atoms. The number of hydrogen-bond donors (Lipinski definition) is 0. The van der Waals surface area contributed by atoms with Crippen LogP contribution >= 0.6 is 22.6 Å². The second-order valence-corrected chi connectivity index (χ2v) is 12.9. The molecule has 0 spiro atoms. The number of nitrogens with zero attached hydrogens (tertiary/aromatic N) is 1. The van der Waals surface area contributed by atoms with Crippen molar-refractivity contribution in [2.45, 2.75) is 38.9 Å². The Morgan fingerprint density at radius 2 is 1.87 bits per heavy atom. The van der Waals surface area contributed by atoms with E-state index < -0.39 is 8.32 Å². The van der Waals surface area contributed by atoms with Crippen LogP contribution in [-0.2, 0) is 4.43 Å². The van der Waals surface area contributed by atoms with Crippen LogP contribution in [0, 0.1) is 3.70 Å². The Bertz CT molecular complexity index is 751. The highest BCUT2D eigenvalue weighted by Crippen LogP contribution is 2.39. The van der Waals surface area contributed by atoms with Crippen LogP contribution in [0.1, 0.15) is 26.3 Å². The summed E-state index contributed by atoms with van der Waals surface area (Å²) < 4.78 is 12.6. The predicted octanol–water partition coefficient (Wildman–Crippen LogP) is 5.84. The topological polar surface area (TPSA) is 31.4 Å². The van der Waals surface area contributed by atoms with Crippen molar-refractivity contribution in [3.63, 3.8) is 0 Å². The Morgan fingerprint density at radius 1 is 1.22 bits per heavy atom. The van der Waals surface area contributed by atoms with E-state index in [1.165, 1.54) is 0 Å². The third-order valence-electron chi connectivity index (χ3n) is 4.46. The fraction of sp³-hybridized carbons (Fsp3) is 0.389. The molecule has 0 atom stereocenters. The molecule has 1 heterocycles. The molecule has 0 saturated heterocycles. The Labute approximate surface area is 153 Å². The van der Waals surface area contributed by atoms with Crippen molar-refractivity contribution < 1.29 is 9.16 Å². The van der Waals surface area contributed by atoms with Gasteiger partial charge in [-0.15, -0.1) is 0 Å². The Morgan fingerprint density at radius 3 is 2.43 bits per heavy atom. The minimum atomic E-state index is -1.91. The molecule has 23 heavy (non-hydrogen) atoms. The quantitative estimate of drug-likeness (QED) is 0.259. The van der Waals surface area contributed by atoms with Crippen LogP contribution in [0.15, 0.2) is 30.8 Å². The second-order valence-electron chi connectivity index (χ2n) is 7.17. The van der Waals surface area contributed by atoms with Gasteiger partial charge in [-0.1, -0.05) is 27.4 Å². The summed E-state index contributed by atoms with van der Waals surface area (Å²) in [5, 5.41) is 1.16. The van der Waals surface area contributed by atoms with Gasteiger partial charge in [0.05, 0.1) is 12.6 Å². The van der Waals surface area contributed by atoms with Crippen molar-refractivity contribution in [2.24, 2.45) is 0 Å². The summed E-state index contributed by atoms with van der Waals surface area (Å²) in [5.41, 5.74) is 1.90. The molecule has 0 saturated carbocycles. The summed E-state index contributed by atoms with van der Waals surface area (Å²) in [7, 11) is -0.246. The van der Waals surface area contributed by atoms with Crippen molar-refractivity contribution in [3.05, 3.63) is 40.1 Å². The minimum absolute atomic E-state index is 0.134. The fourth-order valence-corrected chi connectivity index (χ4v) is 3.72. The van der Waals surface area contributed by atoms with E-state index in [4.69, 9.17) is 9.16 Å². The third-order valence-corrected chi connectivity index (χ3v) is 9.65. The van der Waals surface area contributed by atoms with Gasteiger partial charge in [0.25, 0.3) is 0 Å². The molecular formula is C18H24INO2Si. The van der Waals surface area contributed by atoms with Gasteiger partial charge in [0.1, 0.15) is 15.2 Å². The largest absolute Gasteiger partial charge is 0.543 e. The highest BCUT2D eigenvalue weighted by atomic mass is 127. The lowest BCUT2D eigenvalue weighted by Gasteiger charge is -2.37. The molecule has 0 aliphatic heterocycles. The lowest BCUT2D eigenvalue weighted by molar-refractivity contribution is 0.415. The van der Waals surface area contributed by atoms with Gasteiger partial charge < -0.3 is 9.16 Å². The zero-order valence-electron chi connectivity index (χ0n) is 14.7. The van der Waals surface area contributed by atoms with Crippen LogP contribution in [0.4, 0.5) is 0 Å². The lowest BCUT2D eigenvalue weighted by atomic mass is 10.1. The van der Waals surface area contributed by atoms with E-state index in [0.717, 1.165) is 25.9 Å². The minimum Gasteiger partial charge on any atom is -0.543 e. The number of hydrogen-bond acceptors (Lipinski definition) is 3. The first kappa shape index (κ1) is 18.3. The summed E-state index contributed by atoms with van der Waals surface area (Å²) in [5.74, 6) is 1.53. The third kappa shape index (κ3) is 3.88. The van der Waals surface area contributed by atoms with E-state index in [1.807, 2.05) is 18.2 Å². The lowest BCUT2D eigenvalue weighted by Crippen LogP contribution is -2.40. The maximum Gasteiger partial charge on any atom is 0.250 e. The number of rotatable bonds is 4. The van der Waals surface area contributed by atoms with Crippen molar-refractivity contribution in [3.8, 4) is 5.75 Å². The van der Waals surface area contributed by atoms with Gasteiger partial charge in [-0.2, -0.15) is 0 Å². The van der Waals surface area contributed by atoms with E-state index in [0.29, 0.717) is 5.76 Å². The zero-order valence-corrected chi connectivity index (χ0v) is 17.8. The first-order chi connectivity index (χ1) is 10.5. The number of ether oxygens (including phenoxy) is 1. The highest BCUT2D eigenvalue weighted by molar-refractivity contribution is 14.1. The van der Waals surface area contributed by atoms with Gasteiger partial charge in [-0.05, 0) is 65.0 Å². The molecule has 3 nitrogen and oxygen atoms in total. The summed E-state index contributed by atoms with van der Waals surface area (Å²) in [4.78, 5) is 4.67. The van der Waals surface area contributed by atoms with Crippen LogP contribution in [0.5, 0.6) is 5.75 Å². The molecule has 0 amide bonds. The number of halogens is 1.